The van der Waals surface area contributed by atoms with Crippen molar-refractivity contribution < 1.29 is 9.53 Å². The standard InChI is InChI=1S/C17H22N6O2/c1-22(2)17-20-14(19-16(18)21-17)10-23-12(9-15(24)25-3)8-11-6-4-5-7-13(11)23/h4-7,12H,8-10H2,1-3H3,(H2,18,19,20,21). The summed E-state index contributed by atoms with van der Waals surface area (Å²) in [4.78, 5) is 28.6. The second-order valence-electron chi connectivity index (χ2n) is 6.20. The predicted molar refractivity (Wildman–Crippen MR) is 95.3 cm³/mol. The van der Waals surface area contributed by atoms with Gasteiger partial charge in [0.2, 0.25) is 11.9 Å². The Morgan fingerprint density at radius 2 is 2.08 bits per heavy atom. The number of esters is 1. The monoisotopic (exact) mass is 342 g/mol. The van der Waals surface area contributed by atoms with Gasteiger partial charge in [0.1, 0.15) is 0 Å². The van der Waals surface area contributed by atoms with Crippen LogP contribution in [-0.2, 0) is 22.5 Å². The number of nitrogens with two attached hydrogens (primary N) is 1. The van der Waals surface area contributed by atoms with E-state index in [-0.39, 0.29) is 18.0 Å². The van der Waals surface area contributed by atoms with Gasteiger partial charge in [-0.25, -0.2) is 0 Å². The fourth-order valence-corrected chi connectivity index (χ4v) is 3.04. The van der Waals surface area contributed by atoms with Crippen LogP contribution in [0.4, 0.5) is 17.6 Å². The highest BCUT2D eigenvalue weighted by Gasteiger charge is 2.31. The van der Waals surface area contributed by atoms with E-state index in [2.05, 4.69) is 25.9 Å². The van der Waals surface area contributed by atoms with Crippen molar-refractivity contribution in [3.63, 3.8) is 0 Å². The lowest BCUT2D eigenvalue weighted by Crippen LogP contribution is -2.34. The molecule has 1 aromatic carbocycles. The summed E-state index contributed by atoms with van der Waals surface area (Å²) >= 11 is 0. The number of hydrogen-bond donors (Lipinski definition) is 1. The van der Waals surface area contributed by atoms with E-state index in [0.717, 1.165) is 12.1 Å². The van der Waals surface area contributed by atoms with Crippen LogP contribution in [0.3, 0.4) is 0 Å². The molecule has 1 atom stereocenters. The van der Waals surface area contributed by atoms with Gasteiger partial charge in [-0.2, -0.15) is 15.0 Å². The average molecular weight is 342 g/mol. The van der Waals surface area contributed by atoms with Crippen LogP contribution in [0.25, 0.3) is 0 Å². The molecule has 0 radical (unpaired) electrons. The van der Waals surface area contributed by atoms with Gasteiger partial charge in [-0.15, -0.1) is 0 Å². The summed E-state index contributed by atoms with van der Waals surface area (Å²) in [5.41, 5.74) is 8.11. The fraction of sp³-hybridized carbons (Fsp3) is 0.412. The largest absolute Gasteiger partial charge is 0.469 e. The van der Waals surface area contributed by atoms with Crippen molar-refractivity contribution in [2.24, 2.45) is 0 Å². The molecule has 2 heterocycles. The van der Waals surface area contributed by atoms with Gasteiger partial charge in [-0.05, 0) is 18.1 Å². The normalized spacial score (nSPS) is 15.8. The van der Waals surface area contributed by atoms with Crippen LogP contribution in [0.15, 0.2) is 24.3 Å². The molecule has 25 heavy (non-hydrogen) atoms. The molecule has 2 aromatic rings. The zero-order chi connectivity index (χ0) is 18.0. The molecule has 1 aromatic heterocycles. The third-order valence-corrected chi connectivity index (χ3v) is 4.23. The third-order valence-electron chi connectivity index (χ3n) is 4.23. The molecule has 0 saturated heterocycles. The molecule has 2 N–H and O–H groups in total. The van der Waals surface area contributed by atoms with E-state index in [1.165, 1.54) is 12.7 Å². The van der Waals surface area contributed by atoms with Crippen LogP contribution < -0.4 is 15.5 Å². The molecule has 1 unspecified atom stereocenters. The van der Waals surface area contributed by atoms with E-state index < -0.39 is 0 Å². The fourth-order valence-electron chi connectivity index (χ4n) is 3.04. The van der Waals surface area contributed by atoms with Crippen molar-refractivity contribution in [2.45, 2.75) is 25.4 Å². The number of nitrogen functional groups attached to an aromatic ring is 1. The summed E-state index contributed by atoms with van der Waals surface area (Å²) in [6, 6.07) is 8.11. The molecular weight excluding hydrogens is 320 g/mol. The topological polar surface area (TPSA) is 97.5 Å². The Morgan fingerprint density at radius 1 is 1.32 bits per heavy atom. The number of nitrogens with zero attached hydrogens (tertiary/aromatic N) is 5. The van der Waals surface area contributed by atoms with Crippen LogP contribution in [0.2, 0.25) is 0 Å². The number of aromatic nitrogens is 3. The van der Waals surface area contributed by atoms with Crippen molar-refractivity contribution in [1.29, 1.82) is 0 Å². The SMILES string of the molecule is COC(=O)CC1Cc2ccccc2N1Cc1nc(N)nc(N(C)C)n1. The van der Waals surface area contributed by atoms with Crippen molar-refractivity contribution >= 4 is 23.6 Å². The van der Waals surface area contributed by atoms with E-state index in [4.69, 9.17) is 10.5 Å². The van der Waals surface area contributed by atoms with Crippen LogP contribution in [0.1, 0.15) is 17.8 Å². The summed E-state index contributed by atoms with van der Waals surface area (Å²) < 4.78 is 4.85. The quantitative estimate of drug-likeness (QED) is 0.804. The van der Waals surface area contributed by atoms with Crippen molar-refractivity contribution in [1.82, 2.24) is 15.0 Å². The molecule has 3 rings (SSSR count). The summed E-state index contributed by atoms with van der Waals surface area (Å²) in [5, 5.41) is 0. The van der Waals surface area contributed by atoms with E-state index in [9.17, 15) is 4.79 Å². The number of rotatable bonds is 5. The highest BCUT2D eigenvalue weighted by molar-refractivity contribution is 5.72. The minimum Gasteiger partial charge on any atom is -0.469 e. The first-order valence-corrected chi connectivity index (χ1v) is 8.07. The Hall–Kier alpha value is -2.90. The highest BCUT2D eigenvalue weighted by atomic mass is 16.5. The minimum absolute atomic E-state index is 0.00523. The molecule has 1 aliphatic heterocycles. The first kappa shape index (κ1) is 16.9. The van der Waals surface area contributed by atoms with Crippen molar-refractivity contribution in [3.05, 3.63) is 35.7 Å². The molecule has 8 heteroatoms. The Morgan fingerprint density at radius 3 is 2.80 bits per heavy atom. The lowest BCUT2D eigenvalue weighted by atomic mass is 10.1. The first-order valence-electron chi connectivity index (χ1n) is 8.07. The van der Waals surface area contributed by atoms with Gasteiger partial charge in [-0.3, -0.25) is 4.79 Å². The molecule has 0 aliphatic carbocycles. The molecule has 1 aliphatic rings. The maximum Gasteiger partial charge on any atom is 0.307 e. The predicted octanol–water partition coefficient (Wildman–Crippen LogP) is 1.01. The zero-order valence-corrected chi connectivity index (χ0v) is 14.6. The summed E-state index contributed by atoms with van der Waals surface area (Å²) in [6.07, 6.45) is 1.10. The molecule has 0 spiro atoms. The number of ether oxygens (including phenoxy) is 1. The van der Waals surface area contributed by atoms with Crippen molar-refractivity contribution in [2.75, 3.05) is 36.7 Å². The van der Waals surface area contributed by atoms with E-state index in [1.54, 1.807) is 4.90 Å². The van der Waals surface area contributed by atoms with Crippen LogP contribution in [0.5, 0.6) is 0 Å². The number of hydrogen-bond acceptors (Lipinski definition) is 8. The summed E-state index contributed by atoms with van der Waals surface area (Å²) in [5.74, 6) is 1.04. The first-order chi connectivity index (χ1) is 12.0. The van der Waals surface area contributed by atoms with Crippen LogP contribution in [0, 0.1) is 0 Å². The smallest absolute Gasteiger partial charge is 0.307 e. The number of carbonyl (C=O) groups is 1. The number of carbonyl (C=O) groups excluding carboxylic acids is 1. The maximum absolute atomic E-state index is 11.8. The van der Waals surface area contributed by atoms with Gasteiger partial charge in [0.05, 0.1) is 20.1 Å². The molecule has 0 amide bonds. The number of para-hydroxylation sites is 1. The lowest BCUT2D eigenvalue weighted by Gasteiger charge is -2.26. The molecule has 132 valence electrons. The molecule has 0 fully saturated rings. The Bertz CT molecular complexity index is 779. The Kier molecular flexibility index (Phi) is 4.69. The maximum atomic E-state index is 11.8. The molecule has 0 bridgehead atoms. The number of fused-ring (bicyclic) bond motifs is 1. The van der Waals surface area contributed by atoms with E-state index in [1.807, 2.05) is 32.3 Å². The van der Waals surface area contributed by atoms with E-state index >= 15 is 0 Å². The second-order valence-corrected chi connectivity index (χ2v) is 6.20. The third kappa shape index (κ3) is 3.62. The molecule has 0 saturated carbocycles. The van der Waals surface area contributed by atoms with Gasteiger partial charge in [0.25, 0.3) is 0 Å². The summed E-state index contributed by atoms with van der Waals surface area (Å²) in [7, 11) is 5.11. The van der Waals surface area contributed by atoms with Crippen LogP contribution >= 0.6 is 0 Å². The molecular formula is C17H22N6O2. The van der Waals surface area contributed by atoms with Crippen molar-refractivity contribution in [3.8, 4) is 0 Å². The Labute approximate surface area is 146 Å². The lowest BCUT2D eigenvalue weighted by molar-refractivity contribution is -0.141. The zero-order valence-electron chi connectivity index (χ0n) is 14.6. The average Bonchev–Trinajstić information content (AvgIpc) is 2.91. The van der Waals surface area contributed by atoms with Gasteiger partial charge in [0, 0.05) is 25.8 Å². The van der Waals surface area contributed by atoms with E-state index in [0.29, 0.717) is 24.7 Å². The van der Waals surface area contributed by atoms with Gasteiger partial charge in [-0.1, -0.05) is 18.2 Å². The van der Waals surface area contributed by atoms with Crippen LogP contribution in [-0.4, -0.2) is 48.2 Å². The number of methoxy groups -OCH3 is 1. The minimum atomic E-state index is -0.230. The highest BCUT2D eigenvalue weighted by Crippen LogP contribution is 2.34. The Balaban J connectivity index is 1.91. The van der Waals surface area contributed by atoms with Gasteiger partial charge >= 0.3 is 5.97 Å². The molecule has 8 nitrogen and oxygen atoms in total. The van der Waals surface area contributed by atoms with Gasteiger partial charge < -0.3 is 20.3 Å². The van der Waals surface area contributed by atoms with Gasteiger partial charge in [0.15, 0.2) is 5.82 Å². The number of anilines is 3. The number of benzene rings is 1. The summed E-state index contributed by atoms with van der Waals surface area (Å²) in [6.45, 7) is 0.451. The second kappa shape index (κ2) is 6.92.